The monoisotopic (exact) mass is 285 g/mol. The van der Waals surface area contributed by atoms with Crippen LogP contribution in [0.5, 0.6) is 0 Å². The van der Waals surface area contributed by atoms with Crippen LogP contribution in [-0.4, -0.2) is 16.5 Å². The summed E-state index contributed by atoms with van der Waals surface area (Å²) in [5.41, 5.74) is 3.32. The largest absolute Gasteiger partial charge is 0.310 e. The molecule has 0 aliphatic carbocycles. The van der Waals surface area contributed by atoms with Crippen molar-refractivity contribution >= 4 is 11.0 Å². The van der Waals surface area contributed by atoms with Crippen LogP contribution in [0.4, 0.5) is 0 Å². The molecule has 1 atom stereocenters. The lowest BCUT2D eigenvalue weighted by atomic mass is 9.96. The zero-order chi connectivity index (χ0) is 15.1. The Morgan fingerprint density at radius 1 is 1.10 bits per heavy atom. The van der Waals surface area contributed by atoms with Gasteiger partial charge in [0.05, 0.1) is 11.0 Å². The van der Waals surface area contributed by atoms with Crippen LogP contribution >= 0.6 is 0 Å². The molecule has 0 radical (unpaired) electrons. The smallest absolute Gasteiger partial charge is 0.0934 e. The van der Waals surface area contributed by atoms with E-state index in [9.17, 15) is 0 Å². The zero-order valence-corrected chi connectivity index (χ0v) is 13.5. The van der Waals surface area contributed by atoms with Gasteiger partial charge in [0.2, 0.25) is 0 Å². The van der Waals surface area contributed by atoms with Crippen molar-refractivity contribution < 1.29 is 0 Å². The van der Waals surface area contributed by atoms with E-state index in [4.69, 9.17) is 0 Å². The lowest BCUT2D eigenvalue weighted by Crippen LogP contribution is -2.22. The summed E-state index contributed by atoms with van der Waals surface area (Å²) in [7, 11) is 0. The molecule has 2 rings (SSSR count). The normalized spacial score (nSPS) is 13.0. The topological polar surface area (TPSA) is 37.8 Å². The maximum atomic E-state index is 4.55. The molecule has 0 amide bonds. The Morgan fingerprint density at radius 3 is 2.67 bits per heavy atom. The first-order valence-corrected chi connectivity index (χ1v) is 8.15. The molecule has 114 valence electrons. The zero-order valence-electron chi connectivity index (χ0n) is 13.5. The Hall–Kier alpha value is -1.48. The summed E-state index contributed by atoms with van der Waals surface area (Å²) in [5, 5.41) is 3.68. The molecule has 0 aliphatic heterocycles. The molecule has 0 bridgehead atoms. The molecule has 1 unspecified atom stereocenters. The second-order valence-electron chi connectivity index (χ2n) is 6.10. The minimum absolute atomic E-state index is 0.379. The number of hydrogen-bond donors (Lipinski definition) is 1. The molecule has 0 saturated heterocycles. The highest BCUT2D eigenvalue weighted by Crippen LogP contribution is 2.26. The van der Waals surface area contributed by atoms with Gasteiger partial charge in [-0.25, -0.2) is 0 Å². The van der Waals surface area contributed by atoms with E-state index >= 15 is 0 Å². The predicted molar refractivity (Wildman–Crippen MR) is 89.3 cm³/mol. The van der Waals surface area contributed by atoms with Gasteiger partial charge in [0.15, 0.2) is 0 Å². The first kappa shape index (κ1) is 15.9. The van der Waals surface area contributed by atoms with Gasteiger partial charge in [0, 0.05) is 18.4 Å². The third kappa shape index (κ3) is 4.50. The van der Waals surface area contributed by atoms with Gasteiger partial charge in [0.1, 0.15) is 0 Å². The fourth-order valence-corrected chi connectivity index (χ4v) is 2.71. The summed E-state index contributed by atoms with van der Waals surface area (Å²) >= 11 is 0. The first-order chi connectivity index (χ1) is 10.2. The number of fused-ring (bicyclic) bond motifs is 1. The molecule has 0 aliphatic rings. The van der Waals surface area contributed by atoms with Crippen molar-refractivity contribution in [3.63, 3.8) is 0 Å². The molecule has 3 nitrogen and oxygen atoms in total. The second-order valence-corrected chi connectivity index (χ2v) is 6.10. The van der Waals surface area contributed by atoms with E-state index in [-0.39, 0.29) is 0 Å². The van der Waals surface area contributed by atoms with Crippen LogP contribution in [0.3, 0.4) is 0 Å². The molecule has 21 heavy (non-hydrogen) atoms. The van der Waals surface area contributed by atoms with Crippen LogP contribution in [0.15, 0.2) is 30.6 Å². The number of benzene rings is 1. The maximum Gasteiger partial charge on any atom is 0.0934 e. The van der Waals surface area contributed by atoms with E-state index in [1.54, 1.807) is 12.4 Å². The third-order valence-corrected chi connectivity index (χ3v) is 3.82. The van der Waals surface area contributed by atoms with Crippen molar-refractivity contribution in [3.05, 3.63) is 36.2 Å². The Morgan fingerprint density at radius 2 is 1.90 bits per heavy atom. The lowest BCUT2D eigenvalue weighted by Gasteiger charge is -2.20. The van der Waals surface area contributed by atoms with Crippen molar-refractivity contribution in [2.75, 3.05) is 6.54 Å². The summed E-state index contributed by atoms with van der Waals surface area (Å²) in [6.07, 6.45) is 8.39. The molecule has 0 fully saturated rings. The average Bonchev–Trinajstić information content (AvgIpc) is 2.50. The third-order valence-electron chi connectivity index (χ3n) is 3.82. The number of hydrogen-bond acceptors (Lipinski definition) is 3. The van der Waals surface area contributed by atoms with Crippen LogP contribution in [0.25, 0.3) is 11.0 Å². The summed E-state index contributed by atoms with van der Waals surface area (Å²) in [6.45, 7) is 7.83. The van der Waals surface area contributed by atoms with E-state index in [0.29, 0.717) is 6.04 Å². The Bertz CT molecular complexity index is 546. The summed E-state index contributed by atoms with van der Waals surface area (Å²) in [6, 6.07) is 6.70. The minimum Gasteiger partial charge on any atom is -0.310 e. The first-order valence-electron chi connectivity index (χ1n) is 8.15. The number of aromatic nitrogens is 2. The SMILES string of the molecule is CCCNC(CCCC(C)C)c1cccc2nccnc12. The molecule has 0 saturated carbocycles. The van der Waals surface area contributed by atoms with Gasteiger partial charge in [-0.1, -0.05) is 45.7 Å². The summed E-state index contributed by atoms with van der Waals surface area (Å²) < 4.78 is 0. The van der Waals surface area contributed by atoms with E-state index < -0.39 is 0 Å². The highest BCUT2D eigenvalue weighted by molar-refractivity contribution is 5.78. The lowest BCUT2D eigenvalue weighted by molar-refractivity contribution is 0.449. The molecular formula is C18H27N3. The second kappa shape index (κ2) is 8.08. The minimum atomic E-state index is 0.379. The van der Waals surface area contributed by atoms with Crippen LogP contribution < -0.4 is 5.32 Å². The van der Waals surface area contributed by atoms with Crippen molar-refractivity contribution in [2.24, 2.45) is 5.92 Å². The molecule has 2 aromatic rings. The predicted octanol–water partition coefficient (Wildman–Crippen LogP) is 4.50. The Balaban J connectivity index is 2.20. The van der Waals surface area contributed by atoms with E-state index in [1.807, 2.05) is 6.07 Å². The molecule has 3 heteroatoms. The molecule has 1 N–H and O–H groups in total. The van der Waals surface area contributed by atoms with Crippen LogP contribution in [0.2, 0.25) is 0 Å². The molecule has 1 heterocycles. The number of nitrogens with one attached hydrogen (secondary N) is 1. The molecule has 0 spiro atoms. The fourth-order valence-electron chi connectivity index (χ4n) is 2.71. The van der Waals surface area contributed by atoms with Gasteiger partial charge in [-0.3, -0.25) is 9.97 Å². The van der Waals surface area contributed by atoms with Gasteiger partial charge in [-0.05, 0) is 36.9 Å². The van der Waals surface area contributed by atoms with Gasteiger partial charge in [-0.15, -0.1) is 0 Å². The standard InChI is InChI=1S/C18H27N3/c1-4-11-19-16(9-5-7-14(2)3)15-8-6-10-17-18(15)21-13-12-20-17/h6,8,10,12-14,16,19H,4-5,7,9,11H2,1-3H3. The molecule has 1 aromatic heterocycles. The van der Waals surface area contributed by atoms with Crippen molar-refractivity contribution in [1.82, 2.24) is 15.3 Å². The van der Waals surface area contributed by atoms with E-state index in [0.717, 1.165) is 36.3 Å². The highest BCUT2D eigenvalue weighted by Gasteiger charge is 2.14. The number of para-hydroxylation sites is 1. The van der Waals surface area contributed by atoms with Gasteiger partial charge >= 0.3 is 0 Å². The van der Waals surface area contributed by atoms with Crippen molar-refractivity contribution in [2.45, 2.75) is 52.5 Å². The Labute approximate surface area is 128 Å². The van der Waals surface area contributed by atoms with Crippen LogP contribution in [0.1, 0.15) is 58.1 Å². The molecule has 1 aromatic carbocycles. The van der Waals surface area contributed by atoms with Crippen molar-refractivity contribution in [1.29, 1.82) is 0 Å². The highest BCUT2D eigenvalue weighted by atomic mass is 14.9. The van der Waals surface area contributed by atoms with Crippen LogP contribution in [0, 0.1) is 5.92 Å². The quantitative estimate of drug-likeness (QED) is 0.776. The van der Waals surface area contributed by atoms with Gasteiger partial charge in [-0.2, -0.15) is 0 Å². The Kier molecular flexibility index (Phi) is 6.12. The number of nitrogens with zero attached hydrogens (tertiary/aromatic N) is 2. The van der Waals surface area contributed by atoms with Gasteiger partial charge in [0.25, 0.3) is 0 Å². The fraction of sp³-hybridized carbons (Fsp3) is 0.556. The van der Waals surface area contributed by atoms with E-state index in [1.165, 1.54) is 18.4 Å². The summed E-state index contributed by atoms with van der Waals surface area (Å²) in [5.74, 6) is 0.768. The summed E-state index contributed by atoms with van der Waals surface area (Å²) in [4.78, 5) is 8.97. The van der Waals surface area contributed by atoms with Crippen LogP contribution in [-0.2, 0) is 0 Å². The number of rotatable bonds is 8. The average molecular weight is 285 g/mol. The van der Waals surface area contributed by atoms with Gasteiger partial charge < -0.3 is 5.32 Å². The van der Waals surface area contributed by atoms with E-state index in [2.05, 4.69) is 48.2 Å². The van der Waals surface area contributed by atoms with Crippen molar-refractivity contribution in [3.8, 4) is 0 Å². The maximum absolute atomic E-state index is 4.55. The molecular weight excluding hydrogens is 258 g/mol.